The SMILES string of the molecule is O=C(NCc1ccc(Cl)c(Cl)c1)C1(c2ccccc2)CCCCC1. The van der Waals surface area contributed by atoms with Gasteiger partial charge in [-0.2, -0.15) is 0 Å². The molecule has 1 amide bonds. The minimum absolute atomic E-state index is 0.111. The van der Waals surface area contributed by atoms with E-state index in [1.807, 2.05) is 24.3 Å². The molecule has 0 bridgehead atoms. The van der Waals surface area contributed by atoms with E-state index in [1.54, 1.807) is 12.1 Å². The van der Waals surface area contributed by atoms with Gasteiger partial charge in [-0.1, -0.05) is 78.9 Å². The molecule has 3 rings (SSSR count). The molecule has 1 saturated carbocycles. The first-order valence-corrected chi connectivity index (χ1v) is 9.15. The Morgan fingerprint density at radius 1 is 0.958 bits per heavy atom. The monoisotopic (exact) mass is 361 g/mol. The van der Waals surface area contributed by atoms with E-state index in [0.29, 0.717) is 16.6 Å². The van der Waals surface area contributed by atoms with Gasteiger partial charge in [-0.05, 0) is 36.1 Å². The molecule has 0 atom stereocenters. The first kappa shape index (κ1) is 17.3. The minimum Gasteiger partial charge on any atom is -0.351 e. The summed E-state index contributed by atoms with van der Waals surface area (Å²) in [6.07, 6.45) is 5.20. The average Bonchev–Trinajstić information content (AvgIpc) is 2.63. The third-order valence-electron chi connectivity index (χ3n) is 4.91. The van der Waals surface area contributed by atoms with Crippen molar-refractivity contribution in [3.63, 3.8) is 0 Å². The number of benzene rings is 2. The number of rotatable bonds is 4. The van der Waals surface area contributed by atoms with Crippen LogP contribution in [0.5, 0.6) is 0 Å². The van der Waals surface area contributed by atoms with Gasteiger partial charge in [-0.3, -0.25) is 4.79 Å². The Kier molecular flexibility index (Phi) is 5.47. The summed E-state index contributed by atoms with van der Waals surface area (Å²) in [6, 6.07) is 15.6. The third-order valence-corrected chi connectivity index (χ3v) is 5.64. The van der Waals surface area contributed by atoms with Crippen LogP contribution in [0.4, 0.5) is 0 Å². The van der Waals surface area contributed by atoms with Gasteiger partial charge >= 0.3 is 0 Å². The summed E-state index contributed by atoms with van der Waals surface area (Å²) in [5.41, 5.74) is 1.67. The molecule has 0 saturated heterocycles. The van der Waals surface area contributed by atoms with Crippen molar-refractivity contribution >= 4 is 29.1 Å². The molecule has 2 aromatic rings. The minimum atomic E-state index is -0.407. The van der Waals surface area contributed by atoms with E-state index in [2.05, 4.69) is 17.4 Å². The summed E-state index contributed by atoms with van der Waals surface area (Å²) < 4.78 is 0. The lowest BCUT2D eigenvalue weighted by atomic mass is 9.68. The van der Waals surface area contributed by atoms with Gasteiger partial charge in [0.05, 0.1) is 15.5 Å². The lowest BCUT2D eigenvalue weighted by molar-refractivity contribution is -0.128. The molecule has 0 spiro atoms. The Morgan fingerprint density at radius 2 is 1.67 bits per heavy atom. The highest BCUT2D eigenvalue weighted by atomic mass is 35.5. The molecule has 126 valence electrons. The number of carbonyl (C=O) groups excluding carboxylic acids is 1. The maximum absolute atomic E-state index is 13.1. The largest absolute Gasteiger partial charge is 0.351 e. The molecule has 0 aromatic heterocycles. The van der Waals surface area contributed by atoms with Crippen molar-refractivity contribution in [2.75, 3.05) is 0 Å². The Bertz CT molecular complexity index is 709. The van der Waals surface area contributed by atoms with Crippen LogP contribution in [-0.4, -0.2) is 5.91 Å². The van der Waals surface area contributed by atoms with Crippen LogP contribution in [0.25, 0.3) is 0 Å². The zero-order valence-electron chi connectivity index (χ0n) is 13.5. The van der Waals surface area contributed by atoms with Gasteiger partial charge in [0.1, 0.15) is 0 Å². The van der Waals surface area contributed by atoms with Crippen molar-refractivity contribution < 1.29 is 4.79 Å². The number of hydrogen-bond donors (Lipinski definition) is 1. The number of halogens is 2. The zero-order chi connectivity index (χ0) is 17.0. The maximum atomic E-state index is 13.1. The Morgan fingerprint density at radius 3 is 2.33 bits per heavy atom. The lowest BCUT2D eigenvalue weighted by Gasteiger charge is -2.36. The van der Waals surface area contributed by atoms with Crippen LogP contribution in [-0.2, 0) is 16.8 Å². The van der Waals surface area contributed by atoms with E-state index in [9.17, 15) is 4.79 Å². The fourth-order valence-electron chi connectivity index (χ4n) is 3.56. The number of carbonyl (C=O) groups is 1. The molecule has 2 aromatic carbocycles. The highest BCUT2D eigenvalue weighted by Gasteiger charge is 2.40. The lowest BCUT2D eigenvalue weighted by Crippen LogP contribution is -2.45. The Balaban J connectivity index is 1.78. The van der Waals surface area contributed by atoms with Crippen molar-refractivity contribution in [3.05, 3.63) is 69.7 Å². The smallest absolute Gasteiger partial charge is 0.230 e. The van der Waals surface area contributed by atoms with Crippen LogP contribution < -0.4 is 5.32 Å². The van der Waals surface area contributed by atoms with E-state index in [-0.39, 0.29) is 5.91 Å². The fourth-order valence-corrected chi connectivity index (χ4v) is 3.88. The molecule has 0 heterocycles. The van der Waals surface area contributed by atoms with E-state index in [4.69, 9.17) is 23.2 Å². The molecular weight excluding hydrogens is 341 g/mol. The first-order chi connectivity index (χ1) is 11.6. The topological polar surface area (TPSA) is 29.1 Å². The summed E-state index contributed by atoms with van der Waals surface area (Å²) in [5.74, 6) is 0.111. The van der Waals surface area contributed by atoms with E-state index in [0.717, 1.165) is 36.8 Å². The molecular formula is C20H21Cl2NO. The van der Waals surface area contributed by atoms with Crippen LogP contribution in [0.2, 0.25) is 10.0 Å². The molecule has 0 aliphatic heterocycles. The predicted octanol–water partition coefficient (Wildman–Crippen LogP) is 5.51. The number of amides is 1. The number of nitrogens with one attached hydrogen (secondary N) is 1. The van der Waals surface area contributed by atoms with Crippen LogP contribution in [0.15, 0.2) is 48.5 Å². The highest BCUT2D eigenvalue weighted by Crippen LogP contribution is 2.39. The van der Waals surface area contributed by atoms with E-state index in [1.165, 1.54) is 6.42 Å². The van der Waals surface area contributed by atoms with Crippen molar-refractivity contribution in [1.82, 2.24) is 5.32 Å². The van der Waals surface area contributed by atoms with Gasteiger partial charge in [0.2, 0.25) is 5.91 Å². The molecule has 1 aliphatic rings. The van der Waals surface area contributed by atoms with Gasteiger partial charge in [-0.25, -0.2) is 0 Å². The molecule has 1 aliphatic carbocycles. The van der Waals surface area contributed by atoms with E-state index < -0.39 is 5.41 Å². The van der Waals surface area contributed by atoms with Gasteiger partial charge in [0, 0.05) is 6.54 Å². The standard InChI is InChI=1S/C20H21Cl2NO/c21-17-10-9-15(13-18(17)22)14-23-19(24)20(11-5-2-6-12-20)16-7-3-1-4-8-16/h1,3-4,7-10,13H,2,5-6,11-12,14H2,(H,23,24). The summed E-state index contributed by atoms with van der Waals surface area (Å²) >= 11 is 12.0. The maximum Gasteiger partial charge on any atom is 0.230 e. The second-order valence-electron chi connectivity index (χ2n) is 6.44. The van der Waals surface area contributed by atoms with Gasteiger partial charge in [-0.15, -0.1) is 0 Å². The average molecular weight is 362 g/mol. The summed E-state index contributed by atoms with van der Waals surface area (Å²) in [5, 5.41) is 4.15. The normalized spacial score (nSPS) is 16.6. The zero-order valence-corrected chi connectivity index (χ0v) is 15.0. The van der Waals surface area contributed by atoms with Gasteiger partial charge in [0.25, 0.3) is 0 Å². The Hall–Kier alpha value is -1.51. The van der Waals surface area contributed by atoms with Crippen LogP contribution in [0.3, 0.4) is 0 Å². The van der Waals surface area contributed by atoms with Crippen molar-refractivity contribution in [1.29, 1.82) is 0 Å². The van der Waals surface area contributed by atoms with Crippen LogP contribution >= 0.6 is 23.2 Å². The van der Waals surface area contributed by atoms with Gasteiger partial charge in [0.15, 0.2) is 0 Å². The van der Waals surface area contributed by atoms with Crippen molar-refractivity contribution in [2.45, 2.75) is 44.1 Å². The van der Waals surface area contributed by atoms with Crippen LogP contribution in [0, 0.1) is 0 Å². The van der Waals surface area contributed by atoms with Gasteiger partial charge < -0.3 is 5.32 Å². The highest BCUT2D eigenvalue weighted by molar-refractivity contribution is 6.42. The molecule has 1 N–H and O–H groups in total. The Labute approximate surface area is 153 Å². The molecule has 0 unspecified atom stereocenters. The second kappa shape index (κ2) is 7.58. The molecule has 4 heteroatoms. The third kappa shape index (κ3) is 3.60. The quantitative estimate of drug-likeness (QED) is 0.763. The van der Waals surface area contributed by atoms with Crippen LogP contribution in [0.1, 0.15) is 43.2 Å². The summed E-state index contributed by atoms with van der Waals surface area (Å²) in [6.45, 7) is 0.463. The van der Waals surface area contributed by atoms with Crippen molar-refractivity contribution in [3.8, 4) is 0 Å². The number of hydrogen-bond acceptors (Lipinski definition) is 1. The fraction of sp³-hybridized carbons (Fsp3) is 0.350. The molecule has 24 heavy (non-hydrogen) atoms. The molecule has 0 radical (unpaired) electrons. The predicted molar refractivity (Wildman–Crippen MR) is 99.5 cm³/mol. The summed E-state index contributed by atoms with van der Waals surface area (Å²) in [7, 11) is 0. The first-order valence-electron chi connectivity index (χ1n) is 8.40. The van der Waals surface area contributed by atoms with Crippen molar-refractivity contribution in [2.24, 2.45) is 0 Å². The molecule has 1 fully saturated rings. The summed E-state index contributed by atoms with van der Waals surface area (Å²) in [4.78, 5) is 13.1. The van der Waals surface area contributed by atoms with E-state index >= 15 is 0 Å². The second-order valence-corrected chi connectivity index (χ2v) is 7.25. The molecule has 2 nitrogen and oxygen atoms in total.